The Kier molecular flexibility index (Phi) is 6.27. The highest BCUT2D eigenvalue weighted by molar-refractivity contribution is 6.04. The molecule has 2 aromatic rings. The zero-order chi connectivity index (χ0) is 26.6. The van der Waals surface area contributed by atoms with Crippen LogP contribution in [-0.4, -0.2) is 50.5 Å². The molecular formula is C28H33NO7. The molecule has 0 radical (unpaired) electrons. The molecule has 1 saturated heterocycles. The molecule has 2 aliphatic rings. The third-order valence-corrected chi connectivity index (χ3v) is 7.51. The van der Waals surface area contributed by atoms with E-state index < -0.39 is 23.4 Å². The number of amides is 1. The summed E-state index contributed by atoms with van der Waals surface area (Å²) in [6.45, 7) is 10.4. The molecule has 0 unspecified atom stereocenters. The molecule has 8 nitrogen and oxygen atoms in total. The number of phenolic OH excluding ortho intramolecular Hbond substituents is 1. The topological polar surface area (TPSA) is 102 Å². The van der Waals surface area contributed by atoms with E-state index >= 15 is 0 Å². The number of aryl methyl sites for hydroxylation is 1. The number of aromatic hydroxyl groups is 1. The summed E-state index contributed by atoms with van der Waals surface area (Å²) < 4.78 is 15.7. The average Bonchev–Trinajstić information content (AvgIpc) is 3.25. The van der Waals surface area contributed by atoms with E-state index in [9.17, 15) is 19.5 Å². The van der Waals surface area contributed by atoms with E-state index in [1.165, 1.54) is 14.2 Å². The van der Waals surface area contributed by atoms with E-state index in [1.807, 2.05) is 40.7 Å². The summed E-state index contributed by atoms with van der Waals surface area (Å²) in [7, 11) is 2.51. The molecule has 0 atom stereocenters. The van der Waals surface area contributed by atoms with Gasteiger partial charge in [-0.1, -0.05) is 26.0 Å². The van der Waals surface area contributed by atoms with Gasteiger partial charge < -0.3 is 19.3 Å². The molecule has 0 spiro atoms. The van der Waals surface area contributed by atoms with Crippen molar-refractivity contribution in [3.05, 3.63) is 46.0 Å². The molecular weight excluding hydrogens is 462 g/mol. The third kappa shape index (κ3) is 3.79. The molecule has 1 fully saturated rings. The molecule has 2 aromatic carbocycles. The molecule has 1 amide bonds. The zero-order valence-corrected chi connectivity index (χ0v) is 21.9. The number of esters is 2. The Hall–Kier alpha value is -3.55. The van der Waals surface area contributed by atoms with Gasteiger partial charge in [0.15, 0.2) is 5.41 Å². The molecule has 1 heterocycles. The van der Waals surface area contributed by atoms with Crippen LogP contribution in [0.5, 0.6) is 5.75 Å². The molecule has 1 N–H and O–H groups in total. The van der Waals surface area contributed by atoms with Crippen molar-refractivity contribution in [3.63, 3.8) is 0 Å². The number of nitrogens with zero attached hydrogens (tertiary/aromatic N) is 1. The predicted molar refractivity (Wildman–Crippen MR) is 134 cm³/mol. The standard InChI is InChI=1S/C28H33NO7/c1-15-9-8-10-20(30)21(15)22-16(2)18-11-28(24(31)34-6,25(32)35-7)12-19(18)17(3)23(22)29-13-27(4,5)14-36-26(29)33/h8-10,30H,11-14H2,1-7H3. The van der Waals surface area contributed by atoms with Crippen molar-refractivity contribution in [3.8, 4) is 16.9 Å². The number of phenols is 1. The van der Waals surface area contributed by atoms with Crippen LogP contribution in [0.1, 0.15) is 41.7 Å². The highest BCUT2D eigenvalue weighted by Crippen LogP contribution is 2.51. The molecule has 4 rings (SSSR count). The van der Waals surface area contributed by atoms with Gasteiger partial charge in [-0.25, -0.2) is 4.79 Å². The van der Waals surface area contributed by atoms with Gasteiger partial charge >= 0.3 is 18.0 Å². The number of methoxy groups -OCH3 is 2. The third-order valence-electron chi connectivity index (χ3n) is 7.51. The molecule has 1 aliphatic carbocycles. The van der Waals surface area contributed by atoms with Gasteiger partial charge in [0, 0.05) is 35.9 Å². The number of ether oxygens (including phenoxy) is 3. The van der Waals surface area contributed by atoms with Crippen LogP contribution in [0.15, 0.2) is 18.2 Å². The first-order valence-electron chi connectivity index (χ1n) is 11.9. The normalized spacial score (nSPS) is 17.9. The Labute approximate surface area is 211 Å². The Balaban J connectivity index is 2.07. The first kappa shape index (κ1) is 25.5. The van der Waals surface area contributed by atoms with Crippen molar-refractivity contribution >= 4 is 23.7 Å². The van der Waals surface area contributed by atoms with Gasteiger partial charge in [0.25, 0.3) is 0 Å². The molecule has 0 aromatic heterocycles. The van der Waals surface area contributed by atoms with Crippen LogP contribution in [0, 0.1) is 31.6 Å². The van der Waals surface area contributed by atoms with E-state index in [1.54, 1.807) is 17.0 Å². The highest BCUT2D eigenvalue weighted by Gasteiger charge is 2.54. The van der Waals surface area contributed by atoms with Crippen molar-refractivity contribution in [2.75, 3.05) is 32.3 Å². The number of cyclic esters (lactones) is 1. The second-order valence-electron chi connectivity index (χ2n) is 10.6. The van der Waals surface area contributed by atoms with Crippen molar-refractivity contribution in [1.29, 1.82) is 0 Å². The van der Waals surface area contributed by atoms with Gasteiger partial charge in [0.2, 0.25) is 0 Å². The molecule has 1 aliphatic heterocycles. The molecule has 0 bridgehead atoms. The fourth-order valence-corrected chi connectivity index (χ4v) is 5.68. The summed E-state index contributed by atoms with van der Waals surface area (Å²) in [6, 6.07) is 5.27. The zero-order valence-electron chi connectivity index (χ0n) is 21.9. The summed E-state index contributed by atoms with van der Waals surface area (Å²) >= 11 is 0. The van der Waals surface area contributed by atoms with Crippen molar-refractivity contribution < 1.29 is 33.7 Å². The molecule has 8 heteroatoms. The fourth-order valence-electron chi connectivity index (χ4n) is 5.68. The predicted octanol–water partition coefficient (Wildman–Crippen LogP) is 4.40. The number of carbonyl (C=O) groups excluding carboxylic acids is 3. The number of carbonyl (C=O) groups is 3. The number of rotatable bonds is 4. The summed E-state index contributed by atoms with van der Waals surface area (Å²) in [5.74, 6) is -1.25. The minimum absolute atomic E-state index is 0.0773. The van der Waals surface area contributed by atoms with E-state index in [-0.39, 0.29) is 24.0 Å². The van der Waals surface area contributed by atoms with E-state index in [4.69, 9.17) is 14.2 Å². The van der Waals surface area contributed by atoms with Gasteiger partial charge in [0.1, 0.15) is 5.75 Å². The summed E-state index contributed by atoms with van der Waals surface area (Å²) in [6.07, 6.45) is -0.283. The average molecular weight is 496 g/mol. The SMILES string of the molecule is COC(=O)C1(C(=O)OC)Cc2c(C)c(-c3c(C)cccc3O)c(N3CC(C)(C)COC3=O)c(C)c2C1. The van der Waals surface area contributed by atoms with E-state index in [2.05, 4.69) is 0 Å². The maximum Gasteiger partial charge on any atom is 0.414 e. The van der Waals surface area contributed by atoms with Crippen LogP contribution < -0.4 is 4.90 Å². The number of hydrogen-bond donors (Lipinski definition) is 1. The van der Waals surface area contributed by atoms with Crippen LogP contribution in [0.3, 0.4) is 0 Å². The quantitative estimate of drug-likeness (QED) is 0.381. The molecule has 36 heavy (non-hydrogen) atoms. The van der Waals surface area contributed by atoms with Gasteiger partial charge in [-0.2, -0.15) is 0 Å². The first-order chi connectivity index (χ1) is 16.9. The lowest BCUT2D eigenvalue weighted by atomic mass is 9.84. The van der Waals surface area contributed by atoms with Crippen molar-refractivity contribution in [2.24, 2.45) is 10.8 Å². The highest BCUT2D eigenvalue weighted by atomic mass is 16.6. The maximum atomic E-state index is 13.1. The van der Waals surface area contributed by atoms with Crippen LogP contribution in [0.2, 0.25) is 0 Å². The summed E-state index contributed by atoms with van der Waals surface area (Å²) in [4.78, 5) is 40.7. The van der Waals surface area contributed by atoms with Crippen LogP contribution in [-0.2, 0) is 36.6 Å². The Bertz CT molecular complexity index is 1240. The van der Waals surface area contributed by atoms with Gasteiger partial charge in [-0.15, -0.1) is 0 Å². The smallest absolute Gasteiger partial charge is 0.414 e. The Morgan fingerprint density at radius 3 is 2.11 bits per heavy atom. The van der Waals surface area contributed by atoms with Gasteiger partial charge in [-0.3, -0.25) is 14.5 Å². The number of hydrogen-bond acceptors (Lipinski definition) is 7. The van der Waals surface area contributed by atoms with Crippen LogP contribution in [0.4, 0.5) is 10.5 Å². The summed E-state index contributed by atoms with van der Waals surface area (Å²) in [5.41, 5.74) is 4.03. The molecule has 0 saturated carbocycles. The molecule has 192 valence electrons. The lowest BCUT2D eigenvalue weighted by Gasteiger charge is -2.39. The van der Waals surface area contributed by atoms with Crippen LogP contribution in [0.25, 0.3) is 11.1 Å². The van der Waals surface area contributed by atoms with Crippen molar-refractivity contribution in [2.45, 2.75) is 47.5 Å². The largest absolute Gasteiger partial charge is 0.507 e. The Morgan fingerprint density at radius 2 is 1.56 bits per heavy atom. The maximum absolute atomic E-state index is 13.1. The fraction of sp³-hybridized carbons (Fsp3) is 0.464. The second-order valence-corrected chi connectivity index (χ2v) is 10.6. The lowest BCUT2D eigenvalue weighted by Crippen LogP contribution is -2.48. The second kappa shape index (κ2) is 8.84. The minimum Gasteiger partial charge on any atom is -0.507 e. The minimum atomic E-state index is -1.52. The van der Waals surface area contributed by atoms with Crippen LogP contribution >= 0.6 is 0 Å². The monoisotopic (exact) mass is 495 g/mol. The number of benzene rings is 2. The number of anilines is 1. The lowest BCUT2D eigenvalue weighted by molar-refractivity contribution is -0.168. The summed E-state index contributed by atoms with van der Waals surface area (Å²) in [5, 5.41) is 11.0. The Morgan fingerprint density at radius 1 is 0.972 bits per heavy atom. The van der Waals surface area contributed by atoms with Crippen molar-refractivity contribution in [1.82, 2.24) is 0 Å². The number of fused-ring (bicyclic) bond motifs is 1. The van der Waals surface area contributed by atoms with E-state index in [0.29, 0.717) is 30.0 Å². The van der Waals surface area contributed by atoms with Gasteiger partial charge in [-0.05, 0) is 54.7 Å². The van der Waals surface area contributed by atoms with Gasteiger partial charge in [0.05, 0.1) is 26.5 Å². The first-order valence-corrected chi connectivity index (χ1v) is 11.9. The van der Waals surface area contributed by atoms with E-state index in [0.717, 1.165) is 27.8 Å².